The van der Waals surface area contributed by atoms with Crippen molar-refractivity contribution in [3.05, 3.63) is 46.5 Å². The second-order valence-electron chi connectivity index (χ2n) is 3.15. The van der Waals surface area contributed by atoms with E-state index in [4.69, 9.17) is 0 Å². The minimum atomic E-state index is 0.876. The smallest absolute Gasteiger partial charge is 0.0220 e. The highest BCUT2D eigenvalue weighted by Crippen LogP contribution is 2.15. The Balaban J connectivity index is 2.45. The highest BCUT2D eigenvalue weighted by molar-refractivity contribution is 9.10. The van der Waals surface area contributed by atoms with Gasteiger partial charge in [0.05, 0.1) is 0 Å². The van der Waals surface area contributed by atoms with Gasteiger partial charge in [0.15, 0.2) is 0 Å². The molecule has 0 heterocycles. The summed E-state index contributed by atoms with van der Waals surface area (Å²) in [6.07, 6.45) is 0. The molecule has 1 aromatic carbocycles. The van der Waals surface area contributed by atoms with E-state index >= 15 is 0 Å². The third kappa shape index (κ3) is 3.75. The Morgan fingerprint density at radius 2 is 2.15 bits per heavy atom. The van der Waals surface area contributed by atoms with Crippen LogP contribution < -0.4 is 5.32 Å². The zero-order chi connectivity index (χ0) is 9.68. The number of nitrogens with one attached hydrogen (secondary N) is 1. The van der Waals surface area contributed by atoms with Crippen LogP contribution in [0.1, 0.15) is 12.5 Å². The molecule has 0 radical (unpaired) electrons. The maximum absolute atomic E-state index is 3.83. The van der Waals surface area contributed by atoms with E-state index in [1.54, 1.807) is 0 Å². The standard InChI is InChI=1S/C11H14BrN/c1-9(2)7-13-8-10-5-3-4-6-11(10)12/h3-6,13H,1,7-8H2,2H3. The van der Waals surface area contributed by atoms with Crippen LogP contribution >= 0.6 is 15.9 Å². The Kier molecular flexibility index (Phi) is 4.19. The maximum atomic E-state index is 3.83. The van der Waals surface area contributed by atoms with Crippen LogP contribution in [0.15, 0.2) is 40.9 Å². The molecule has 0 aliphatic heterocycles. The van der Waals surface area contributed by atoms with E-state index in [1.165, 1.54) is 5.56 Å². The summed E-state index contributed by atoms with van der Waals surface area (Å²) in [7, 11) is 0. The first-order chi connectivity index (χ1) is 6.20. The molecular formula is C11H14BrN. The zero-order valence-corrected chi connectivity index (χ0v) is 9.39. The first-order valence-corrected chi connectivity index (χ1v) is 5.08. The van der Waals surface area contributed by atoms with Gasteiger partial charge >= 0.3 is 0 Å². The number of rotatable bonds is 4. The second kappa shape index (κ2) is 5.20. The molecule has 0 aliphatic carbocycles. The summed E-state index contributed by atoms with van der Waals surface area (Å²) in [5.74, 6) is 0. The predicted molar refractivity (Wildman–Crippen MR) is 60.7 cm³/mol. The molecule has 70 valence electrons. The van der Waals surface area contributed by atoms with Crippen molar-refractivity contribution in [1.29, 1.82) is 0 Å². The molecule has 2 heteroatoms. The predicted octanol–water partition coefficient (Wildman–Crippen LogP) is 3.11. The second-order valence-corrected chi connectivity index (χ2v) is 4.01. The van der Waals surface area contributed by atoms with Crippen molar-refractivity contribution in [2.24, 2.45) is 0 Å². The van der Waals surface area contributed by atoms with Gasteiger partial charge in [0, 0.05) is 17.6 Å². The van der Waals surface area contributed by atoms with Crippen molar-refractivity contribution in [3.63, 3.8) is 0 Å². The Hall–Kier alpha value is -0.600. The monoisotopic (exact) mass is 239 g/mol. The van der Waals surface area contributed by atoms with E-state index in [0.717, 1.165) is 23.1 Å². The molecule has 0 saturated heterocycles. The summed E-state index contributed by atoms with van der Waals surface area (Å²) in [5.41, 5.74) is 2.44. The molecule has 1 nitrogen and oxygen atoms in total. The SMILES string of the molecule is C=C(C)CNCc1ccccc1Br. The molecule has 0 atom stereocenters. The average molecular weight is 240 g/mol. The molecule has 0 bridgehead atoms. The van der Waals surface area contributed by atoms with E-state index in [0.29, 0.717) is 0 Å². The lowest BCUT2D eigenvalue weighted by Crippen LogP contribution is -2.15. The van der Waals surface area contributed by atoms with Crippen molar-refractivity contribution in [2.45, 2.75) is 13.5 Å². The van der Waals surface area contributed by atoms with Crippen LogP contribution in [0, 0.1) is 0 Å². The van der Waals surface area contributed by atoms with Crippen LogP contribution in [0.4, 0.5) is 0 Å². The number of hydrogen-bond acceptors (Lipinski definition) is 1. The van der Waals surface area contributed by atoms with Crippen LogP contribution in [0.3, 0.4) is 0 Å². The Bertz CT molecular complexity index is 294. The number of halogens is 1. The summed E-state index contributed by atoms with van der Waals surface area (Å²) in [6.45, 7) is 7.61. The first kappa shape index (κ1) is 10.5. The van der Waals surface area contributed by atoms with Crippen LogP contribution in [0.25, 0.3) is 0 Å². The molecule has 0 aromatic heterocycles. The quantitative estimate of drug-likeness (QED) is 0.797. The number of hydrogen-bond donors (Lipinski definition) is 1. The summed E-state index contributed by atoms with van der Waals surface area (Å²) < 4.78 is 1.16. The van der Waals surface area contributed by atoms with Gasteiger partial charge in [-0.05, 0) is 18.6 Å². The average Bonchev–Trinajstić information content (AvgIpc) is 2.08. The van der Waals surface area contributed by atoms with E-state index in [-0.39, 0.29) is 0 Å². The molecule has 0 aliphatic rings. The zero-order valence-electron chi connectivity index (χ0n) is 7.81. The Morgan fingerprint density at radius 1 is 1.46 bits per heavy atom. The van der Waals surface area contributed by atoms with Crippen molar-refractivity contribution in [2.75, 3.05) is 6.54 Å². The molecule has 0 spiro atoms. The minimum Gasteiger partial charge on any atom is -0.309 e. The van der Waals surface area contributed by atoms with Gasteiger partial charge in [0.1, 0.15) is 0 Å². The normalized spacial score (nSPS) is 10.0. The molecule has 0 unspecified atom stereocenters. The van der Waals surface area contributed by atoms with Crippen molar-refractivity contribution < 1.29 is 0 Å². The minimum absolute atomic E-state index is 0.876. The third-order valence-electron chi connectivity index (χ3n) is 1.70. The van der Waals surface area contributed by atoms with Gasteiger partial charge in [0.2, 0.25) is 0 Å². The highest BCUT2D eigenvalue weighted by atomic mass is 79.9. The maximum Gasteiger partial charge on any atom is 0.0220 e. The molecule has 1 rings (SSSR count). The third-order valence-corrected chi connectivity index (χ3v) is 2.47. The topological polar surface area (TPSA) is 12.0 Å². The molecule has 1 aromatic rings. The Labute approximate surface area is 88.0 Å². The van der Waals surface area contributed by atoms with Crippen molar-refractivity contribution in [1.82, 2.24) is 5.32 Å². The van der Waals surface area contributed by atoms with Crippen LogP contribution in [-0.2, 0) is 6.54 Å². The van der Waals surface area contributed by atoms with Crippen molar-refractivity contribution >= 4 is 15.9 Å². The summed E-state index contributed by atoms with van der Waals surface area (Å²) in [6, 6.07) is 8.22. The fourth-order valence-corrected chi connectivity index (χ4v) is 1.48. The van der Waals surface area contributed by atoms with Crippen LogP contribution in [0.5, 0.6) is 0 Å². The largest absolute Gasteiger partial charge is 0.309 e. The van der Waals surface area contributed by atoms with Gasteiger partial charge in [-0.1, -0.05) is 46.3 Å². The number of benzene rings is 1. The fourth-order valence-electron chi connectivity index (χ4n) is 1.05. The van der Waals surface area contributed by atoms with E-state index in [1.807, 2.05) is 19.1 Å². The van der Waals surface area contributed by atoms with Crippen molar-refractivity contribution in [3.8, 4) is 0 Å². The molecule has 13 heavy (non-hydrogen) atoms. The van der Waals surface area contributed by atoms with E-state index in [9.17, 15) is 0 Å². The first-order valence-electron chi connectivity index (χ1n) is 4.28. The van der Waals surface area contributed by atoms with Gasteiger partial charge in [-0.3, -0.25) is 0 Å². The van der Waals surface area contributed by atoms with Gasteiger partial charge in [-0.25, -0.2) is 0 Å². The van der Waals surface area contributed by atoms with E-state index in [2.05, 4.69) is 40.0 Å². The lowest BCUT2D eigenvalue weighted by molar-refractivity contribution is 0.739. The lowest BCUT2D eigenvalue weighted by atomic mass is 10.2. The highest BCUT2D eigenvalue weighted by Gasteiger charge is 1.96. The fraction of sp³-hybridized carbons (Fsp3) is 0.273. The summed E-state index contributed by atoms with van der Waals surface area (Å²) in [5, 5.41) is 3.31. The van der Waals surface area contributed by atoms with Gasteiger partial charge < -0.3 is 5.32 Å². The van der Waals surface area contributed by atoms with Gasteiger partial charge in [0.25, 0.3) is 0 Å². The van der Waals surface area contributed by atoms with Crippen LogP contribution in [-0.4, -0.2) is 6.54 Å². The van der Waals surface area contributed by atoms with Gasteiger partial charge in [-0.2, -0.15) is 0 Å². The molecular weight excluding hydrogens is 226 g/mol. The molecule has 0 saturated carbocycles. The molecule has 1 N–H and O–H groups in total. The van der Waals surface area contributed by atoms with Crippen LogP contribution in [0.2, 0.25) is 0 Å². The Morgan fingerprint density at radius 3 is 2.77 bits per heavy atom. The van der Waals surface area contributed by atoms with E-state index < -0.39 is 0 Å². The molecule has 0 amide bonds. The lowest BCUT2D eigenvalue weighted by Gasteiger charge is -2.05. The summed E-state index contributed by atoms with van der Waals surface area (Å²) in [4.78, 5) is 0. The molecule has 0 fully saturated rings. The summed E-state index contributed by atoms with van der Waals surface area (Å²) >= 11 is 3.50. The van der Waals surface area contributed by atoms with Gasteiger partial charge in [-0.15, -0.1) is 0 Å².